The van der Waals surface area contributed by atoms with Crippen LogP contribution in [-0.4, -0.2) is 23.9 Å². The molecule has 0 spiro atoms. The molecule has 0 saturated heterocycles. The predicted molar refractivity (Wildman–Crippen MR) is 301 cm³/mol. The molecule has 0 rings (SSSR count). The summed E-state index contributed by atoms with van der Waals surface area (Å²) in [6, 6.07) is 0. The minimum absolute atomic E-state index is 0. The maximum absolute atomic E-state index is 10.2. The molecule has 9 heteroatoms. The number of aliphatic carboxylic acids is 4. The molecule has 0 fully saturated rings. The summed E-state index contributed by atoms with van der Waals surface area (Å²) >= 11 is 0. The fraction of sp³-hybridized carbons (Fsp3) is 0.938. The van der Waals surface area contributed by atoms with Crippen molar-refractivity contribution in [1.29, 1.82) is 0 Å². The summed E-state index contributed by atoms with van der Waals surface area (Å²) in [4.78, 5) is 40.8. The Morgan fingerprint density at radius 3 is 0.342 bits per heavy atom. The molecule has 0 atom stereocenters. The van der Waals surface area contributed by atoms with Crippen LogP contribution in [0.1, 0.15) is 387 Å². The third-order valence-corrected chi connectivity index (χ3v) is 13.9. The van der Waals surface area contributed by atoms with Crippen molar-refractivity contribution in [1.82, 2.24) is 0 Å². The summed E-state index contributed by atoms with van der Waals surface area (Å²) in [6.45, 7) is 9.03. The van der Waals surface area contributed by atoms with Gasteiger partial charge >= 0.3 is 26.2 Å². The Bertz CT molecular complexity index is 879. The van der Waals surface area contributed by atoms with Crippen molar-refractivity contribution in [3.63, 3.8) is 0 Å². The number of hydrogen-bond acceptors (Lipinski definition) is 8. The van der Waals surface area contributed by atoms with Crippen molar-refractivity contribution < 1.29 is 65.8 Å². The van der Waals surface area contributed by atoms with Crippen LogP contribution in [0.4, 0.5) is 0 Å². The second kappa shape index (κ2) is 77.3. The summed E-state index contributed by atoms with van der Waals surface area (Å²) < 4.78 is 0. The van der Waals surface area contributed by atoms with Gasteiger partial charge in [-0.25, -0.2) is 0 Å². The van der Waals surface area contributed by atoms with Gasteiger partial charge in [0, 0.05) is 23.9 Å². The molecule has 0 unspecified atom stereocenters. The second-order valence-corrected chi connectivity index (χ2v) is 21.5. The summed E-state index contributed by atoms with van der Waals surface area (Å²) in [6.07, 6.45) is 67.7. The summed E-state index contributed by atoms with van der Waals surface area (Å²) in [5.74, 6) is -3.62. The molecule has 432 valence electrons. The topological polar surface area (TPSA) is 161 Å². The Hall–Kier alpha value is -1.24. The Morgan fingerprint density at radius 1 is 0.178 bits per heavy atom. The fourth-order valence-electron chi connectivity index (χ4n) is 9.15. The largest absolute Gasteiger partial charge is 4.00 e. The molecule has 0 heterocycles. The van der Waals surface area contributed by atoms with E-state index in [0.29, 0.717) is 0 Å². The van der Waals surface area contributed by atoms with Gasteiger partial charge < -0.3 is 39.6 Å². The monoisotopic (exact) mass is 1110 g/mol. The van der Waals surface area contributed by atoms with Gasteiger partial charge in [0.15, 0.2) is 0 Å². The molecule has 0 N–H and O–H groups in total. The Kier molecular flexibility index (Phi) is 85.3. The number of rotatable bonds is 56. The molecule has 73 heavy (non-hydrogen) atoms. The van der Waals surface area contributed by atoms with Crippen LogP contribution in [0.5, 0.6) is 0 Å². The normalized spacial score (nSPS) is 10.6. The zero-order chi connectivity index (χ0) is 53.9. The van der Waals surface area contributed by atoms with Crippen LogP contribution in [0.15, 0.2) is 0 Å². The van der Waals surface area contributed by atoms with Crippen molar-refractivity contribution in [3.05, 3.63) is 0 Å². The zero-order valence-electron chi connectivity index (χ0n) is 49.4. The molecule has 0 amide bonds. The van der Waals surface area contributed by atoms with Crippen LogP contribution in [0.25, 0.3) is 0 Å². The van der Waals surface area contributed by atoms with Gasteiger partial charge in [-0.1, -0.05) is 336 Å². The first-order valence-corrected chi connectivity index (χ1v) is 31.9. The molecular weight excluding hydrogens is 988 g/mol. The van der Waals surface area contributed by atoms with Crippen LogP contribution in [0, 0.1) is 0 Å². The third-order valence-electron chi connectivity index (χ3n) is 13.9. The molecule has 0 aliphatic rings. The van der Waals surface area contributed by atoms with Gasteiger partial charge in [0.25, 0.3) is 0 Å². The van der Waals surface area contributed by atoms with E-state index in [1.54, 1.807) is 0 Å². The molecule has 0 aliphatic heterocycles. The van der Waals surface area contributed by atoms with Gasteiger partial charge in [0.2, 0.25) is 0 Å². The maximum Gasteiger partial charge on any atom is 4.00 e. The van der Waals surface area contributed by atoms with Crippen LogP contribution < -0.4 is 20.4 Å². The van der Waals surface area contributed by atoms with Gasteiger partial charge in [-0.05, 0) is 51.4 Å². The van der Waals surface area contributed by atoms with E-state index >= 15 is 0 Å². The van der Waals surface area contributed by atoms with Crippen molar-refractivity contribution >= 4 is 23.9 Å². The Morgan fingerprint density at radius 2 is 0.260 bits per heavy atom. The van der Waals surface area contributed by atoms with E-state index < -0.39 is 23.9 Å². The molecule has 0 aromatic rings. The molecule has 8 nitrogen and oxygen atoms in total. The SMILES string of the molecule is CCCCCCCCCCCCCCCC(=O)[O-].CCCCCCCCCCCCCCCC(=O)[O-].CCCCCCCCCCCCCCCC(=O)[O-].CCCCCCCCCCCCCCCC(=O)[O-].[Zr+4]. The Labute approximate surface area is 474 Å². The van der Waals surface area contributed by atoms with Gasteiger partial charge in [0.1, 0.15) is 0 Å². The number of carboxylic acid groups (broad SMARTS) is 4. The standard InChI is InChI=1S/4C16H32O2.Zr/c4*1-2-3-4-5-6-7-8-9-10-11-12-13-14-15-16(17)18;/h4*2-15H2,1H3,(H,17,18);/q;;;;+4/p-4. The molecule has 0 saturated carbocycles. The van der Waals surface area contributed by atoms with Gasteiger partial charge in [-0.2, -0.15) is 0 Å². The minimum atomic E-state index is -0.905. The van der Waals surface area contributed by atoms with E-state index in [0.717, 1.165) is 51.4 Å². The van der Waals surface area contributed by atoms with Crippen molar-refractivity contribution in [2.24, 2.45) is 0 Å². The first-order chi connectivity index (χ1) is 35.1. The molecule has 0 aliphatic carbocycles. The predicted octanol–water partition coefficient (Wildman–Crippen LogP) is 16.9. The van der Waals surface area contributed by atoms with Crippen molar-refractivity contribution in [3.8, 4) is 0 Å². The van der Waals surface area contributed by atoms with E-state index in [9.17, 15) is 39.6 Å². The van der Waals surface area contributed by atoms with E-state index in [-0.39, 0.29) is 51.9 Å². The average molecular weight is 1110 g/mol. The summed E-state index contributed by atoms with van der Waals surface area (Å²) in [5.41, 5.74) is 0. The van der Waals surface area contributed by atoms with Crippen molar-refractivity contribution in [2.75, 3.05) is 0 Å². The van der Waals surface area contributed by atoms with Gasteiger partial charge in [-0.3, -0.25) is 0 Å². The molecule has 0 radical (unpaired) electrons. The number of carbonyl (C=O) groups is 4. The fourth-order valence-corrected chi connectivity index (χ4v) is 9.15. The van der Waals surface area contributed by atoms with Crippen LogP contribution in [-0.2, 0) is 45.4 Å². The molecule has 0 aromatic carbocycles. The molecule has 0 aromatic heterocycles. The summed E-state index contributed by atoms with van der Waals surface area (Å²) in [5, 5.41) is 40.8. The summed E-state index contributed by atoms with van der Waals surface area (Å²) in [7, 11) is 0. The minimum Gasteiger partial charge on any atom is -0.550 e. The van der Waals surface area contributed by atoms with E-state index in [2.05, 4.69) is 27.7 Å². The smallest absolute Gasteiger partial charge is 0.550 e. The second-order valence-electron chi connectivity index (χ2n) is 21.5. The van der Waals surface area contributed by atoms with Crippen LogP contribution in [0.3, 0.4) is 0 Å². The average Bonchev–Trinajstić information content (AvgIpc) is 3.35. The van der Waals surface area contributed by atoms with Crippen LogP contribution in [0.2, 0.25) is 0 Å². The molecule has 0 bridgehead atoms. The molecular formula is C64H124O8Zr. The van der Waals surface area contributed by atoms with Gasteiger partial charge in [-0.15, -0.1) is 0 Å². The van der Waals surface area contributed by atoms with Crippen molar-refractivity contribution in [2.45, 2.75) is 387 Å². The number of carbonyl (C=O) groups excluding carboxylic acids is 4. The quantitative estimate of drug-likeness (QED) is 0.0544. The Balaban J connectivity index is -0.000000280. The van der Waals surface area contributed by atoms with E-state index in [1.807, 2.05) is 0 Å². The van der Waals surface area contributed by atoms with Crippen LogP contribution >= 0.6 is 0 Å². The number of unbranched alkanes of at least 4 members (excludes halogenated alkanes) is 48. The zero-order valence-corrected chi connectivity index (χ0v) is 51.8. The van der Waals surface area contributed by atoms with E-state index in [1.165, 1.54) is 283 Å². The van der Waals surface area contributed by atoms with Gasteiger partial charge in [0.05, 0.1) is 0 Å². The maximum atomic E-state index is 10.2. The first kappa shape index (κ1) is 80.6. The first-order valence-electron chi connectivity index (χ1n) is 31.9. The third kappa shape index (κ3) is 96.9. The number of hydrogen-bond donors (Lipinski definition) is 0. The number of carboxylic acids is 4. The van der Waals surface area contributed by atoms with E-state index in [4.69, 9.17) is 0 Å².